The van der Waals surface area contributed by atoms with Crippen molar-refractivity contribution < 1.29 is 19.4 Å². The number of aliphatic carboxylic acids is 1. The molecular weight excluding hydrogens is 282 g/mol. The average Bonchev–Trinajstić information content (AvgIpc) is 2.43. The lowest BCUT2D eigenvalue weighted by molar-refractivity contribution is -0.143. The van der Waals surface area contributed by atoms with E-state index < -0.39 is 23.7 Å². The van der Waals surface area contributed by atoms with E-state index >= 15 is 0 Å². The Hall–Kier alpha value is -2.04. The second-order valence-corrected chi connectivity index (χ2v) is 6.62. The SMILES string of the molecule is CCc1ccc2c(c1)CN(C(=O)OC(C)(C)C)C(C(=O)O)C2. The fourth-order valence-electron chi connectivity index (χ4n) is 2.59. The van der Waals surface area contributed by atoms with E-state index in [9.17, 15) is 14.7 Å². The molecule has 0 saturated heterocycles. The summed E-state index contributed by atoms with van der Waals surface area (Å²) in [4.78, 5) is 25.2. The van der Waals surface area contributed by atoms with Crippen LogP contribution in [0.4, 0.5) is 4.79 Å². The number of hydrogen-bond donors (Lipinski definition) is 1. The molecule has 0 fully saturated rings. The van der Waals surface area contributed by atoms with E-state index in [0.29, 0.717) is 6.42 Å². The second kappa shape index (κ2) is 5.99. The summed E-state index contributed by atoms with van der Waals surface area (Å²) >= 11 is 0. The van der Waals surface area contributed by atoms with Crippen LogP contribution in [0.5, 0.6) is 0 Å². The average molecular weight is 305 g/mol. The predicted molar refractivity (Wildman–Crippen MR) is 82.7 cm³/mol. The summed E-state index contributed by atoms with van der Waals surface area (Å²) in [6.07, 6.45) is 0.642. The van der Waals surface area contributed by atoms with E-state index in [4.69, 9.17) is 4.74 Å². The van der Waals surface area contributed by atoms with Crippen LogP contribution in [0.3, 0.4) is 0 Å². The van der Waals surface area contributed by atoms with E-state index in [2.05, 4.69) is 6.92 Å². The fraction of sp³-hybridized carbons (Fsp3) is 0.529. The van der Waals surface area contributed by atoms with Crippen LogP contribution < -0.4 is 0 Å². The first kappa shape index (κ1) is 16.3. The highest BCUT2D eigenvalue weighted by Crippen LogP contribution is 2.26. The van der Waals surface area contributed by atoms with Crippen LogP contribution >= 0.6 is 0 Å². The smallest absolute Gasteiger partial charge is 0.411 e. The van der Waals surface area contributed by atoms with Crippen molar-refractivity contribution in [1.82, 2.24) is 4.90 Å². The summed E-state index contributed by atoms with van der Waals surface area (Å²) in [6.45, 7) is 7.65. The first-order valence-electron chi connectivity index (χ1n) is 7.54. The summed E-state index contributed by atoms with van der Waals surface area (Å²) in [5, 5.41) is 9.43. The van der Waals surface area contributed by atoms with E-state index in [-0.39, 0.29) is 6.54 Å². The molecule has 1 atom stereocenters. The molecule has 0 spiro atoms. The molecule has 1 unspecified atom stereocenters. The molecule has 1 heterocycles. The zero-order valence-electron chi connectivity index (χ0n) is 13.5. The lowest BCUT2D eigenvalue weighted by Gasteiger charge is -2.35. The lowest BCUT2D eigenvalue weighted by Crippen LogP contribution is -2.50. The van der Waals surface area contributed by atoms with E-state index in [1.807, 2.05) is 18.2 Å². The van der Waals surface area contributed by atoms with Gasteiger partial charge in [-0.2, -0.15) is 0 Å². The number of amides is 1. The minimum Gasteiger partial charge on any atom is -0.480 e. The Morgan fingerprint density at radius 3 is 2.55 bits per heavy atom. The first-order chi connectivity index (χ1) is 10.2. The molecule has 0 radical (unpaired) electrons. The van der Waals surface area contributed by atoms with Gasteiger partial charge in [0.15, 0.2) is 0 Å². The molecule has 0 bridgehead atoms. The molecule has 0 aliphatic carbocycles. The van der Waals surface area contributed by atoms with E-state index in [0.717, 1.165) is 17.5 Å². The molecule has 0 aromatic heterocycles. The van der Waals surface area contributed by atoms with Crippen LogP contribution in [0.1, 0.15) is 44.4 Å². The van der Waals surface area contributed by atoms with Crippen molar-refractivity contribution in [2.24, 2.45) is 0 Å². The van der Waals surface area contributed by atoms with Crippen LogP contribution in [-0.2, 0) is 28.9 Å². The molecule has 1 N–H and O–H groups in total. The Morgan fingerprint density at radius 2 is 2.00 bits per heavy atom. The monoisotopic (exact) mass is 305 g/mol. The minimum absolute atomic E-state index is 0.273. The maximum atomic E-state index is 12.3. The van der Waals surface area contributed by atoms with Gasteiger partial charge in [0.05, 0.1) is 6.54 Å². The molecule has 22 heavy (non-hydrogen) atoms. The maximum Gasteiger partial charge on any atom is 0.411 e. The van der Waals surface area contributed by atoms with Crippen LogP contribution in [0.15, 0.2) is 18.2 Å². The summed E-state index contributed by atoms with van der Waals surface area (Å²) in [7, 11) is 0. The molecular formula is C17H23NO4. The maximum absolute atomic E-state index is 12.3. The third-order valence-corrected chi connectivity index (χ3v) is 3.72. The number of carboxylic acids is 1. The molecule has 5 heteroatoms. The molecule has 2 rings (SSSR count). The van der Waals surface area contributed by atoms with Gasteiger partial charge in [-0.05, 0) is 43.9 Å². The topological polar surface area (TPSA) is 66.8 Å². The van der Waals surface area contributed by atoms with Crippen molar-refractivity contribution >= 4 is 12.1 Å². The van der Waals surface area contributed by atoms with Gasteiger partial charge in [-0.25, -0.2) is 9.59 Å². The zero-order valence-corrected chi connectivity index (χ0v) is 13.5. The Morgan fingerprint density at radius 1 is 1.32 bits per heavy atom. The second-order valence-electron chi connectivity index (χ2n) is 6.62. The number of benzene rings is 1. The van der Waals surface area contributed by atoms with Crippen LogP contribution in [0.2, 0.25) is 0 Å². The molecule has 5 nitrogen and oxygen atoms in total. The van der Waals surface area contributed by atoms with Gasteiger partial charge in [0.25, 0.3) is 0 Å². The highest BCUT2D eigenvalue weighted by molar-refractivity contribution is 5.81. The van der Waals surface area contributed by atoms with Crippen molar-refractivity contribution in [3.05, 3.63) is 34.9 Å². The van der Waals surface area contributed by atoms with Gasteiger partial charge < -0.3 is 9.84 Å². The van der Waals surface area contributed by atoms with Crippen molar-refractivity contribution in [3.63, 3.8) is 0 Å². The normalized spacial score (nSPS) is 17.8. The summed E-state index contributed by atoms with van der Waals surface area (Å²) in [5.74, 6) is -1.00. The number of carbonyl (C=O) groups is 2. The lowest BCUT2D eigenvalue weighted by atomic mass is 9.92. The first-order valence-corrected chi connectivity index (χ1v) is 7.54. The number of ether oxygens (including phenoxy) is 1. The molecule has 0 saturated carbocycles. The van der Waals surface area contributed by atoms with Gasteiger partial charge in [-0.15, -0.1) is 0 Å². The summed E-state index contributed by atoms with van der Waals surface area (Å²) in [5.41, 5.74) is 2.52. The largest absolute Gasteiger partial charge is 0.480 e. The highest BCUT2D eigenvalue weighted by Gasteiger charge is 2.36. The van der Waals surface area contributed by atoms with E-state index in [1.165, 1.54) is 10.5 Å². The van der Waals surface area contributed by atoms with E-state index in [1.54, 1.807) is 20.8 Å². The number of carboxylic acid groups (broad SMARTS) is 1. The van der Waals surface area contributed by atoms with Gasteiger partial charge >= 0.3 is 12.1 Å². The van der Waals surface area contributed by atoms with Gasteiger partial charge in [0.2, 0.25) is 0 Å². The Bertz CT molecular complexity index is 589. The minimum atomic E-state index is -1.00. The van der Waals surface area contributed by atoms with Gasteiger partial charge in [-0.3, -0.25) is 4.90 Å². The van der Waals surface area contributed by atoms with Gasteiger partial charge in [-0.1, -0.05) is 25.1 Å². The number of aryl methyl sites for hydroxylation is 1. The Kier molecular flexibility index (Phi) is 4.44. The number of fused-ring (bicyclic) bond motifs is 1. The Labute approximate surface area is 130 Å². The number of hydrogen-bond acceptors (Lipinski definition) is 3. The highest BCUT2D eigenvalue weighted by atomic mass is 16.6. The number of carbonyl (C=O) groups excluding carboxylic acids is 1. The van der Waals surface area contributed by atoms with Crippen LogP contribution in [0.25, 0.3) is 0 Å². The fourth-order valence-corrected chi connectivity index (χ4v) is 2.59. The van der Waals surface area contributed by atoms with Crippen molar-refractivity contribution in [1.29, 1.82) is 0 Å². The molecule has 1 aliphatic rings. The number of nitrogens with zero attached hydrogens (tertiary/aromatic N) is 1. The summed E-state index contributed by atoms with van der Waals surface area (Å²) < 4.78 is 5.35. The van der Waals surface area contributed by atoms with Crippen molar-refractivity contribution in [2.45, 2.75) is 58.7 Å². The third kappa shape index (κ3) is 3.59. The molecule has 1 amide bonds. The quantitative estimate of drug-likeness (QED) is 0.912. The van der Waals surface area contributed by atoms with Crippen LogP contribution in [-0.4, -0.2) is 33.7 Å². The van der Waals surface area contributed by atoms with Gasteiger partial charge in [0.1, 0.15) is 11.6 Å². The predicted octanol–water partition coefficient (Wildman–Crippen LogP) is 3.00. The van der Waals surface area contributed by atoms with Crippen molar-refractivity contribution in [2.75, 3.05) is 0 Å². The third-order valence-electron chi connectivity index (χ3n) is 3.72. The molecule has 1 aromatic rings. The summed E-state index contributed by atoms with van der Waals surface area (Å²) in [6, 6.07) is 5.15. The molecule has 120 valence electrons. The zero-order chi connectivity index (χ0) is 16.5. The van der Waals surface area contributed by atoms with Gasteiger partial charge in [0, 0.05) is 6.42 Å². The Balaban J connectivity index is 2.31. The van der Waals surface area contributed by atoms with Crippen LogP contribution in [0, 0.1) is 0 Å². The number of rotatable bonds is 2. The standard InChI is InChI=1S/C17H23NO4/c1-5-11-6-7-12-9-14(15(19)20)18(10-13(12)8-11)16(21)22-17(2,3)4/h6-8,14H,5,9-10H2,1-4H3,(H,19,20). The van der Waals surface area contributed by atoms with Crippen molar-refractivity contribution in [3.8, 4) is 0 Å². The molecule has 1 aliphatic heterocycles. The molecule has 1 aromatic carbocycles.